The summed E-state index contributed by atoms with van der Waals surface area (Å²) in [7, 11) is 1.86. The summed E-state index contributed by atoms with van der Waals surface area (Å²) >= 11 is 0. The van der Waals surface area contributed by atoms with Crippen LogP contribution < -0.4 is 16.0 Å². The molecular formula is C10H16N4. The number of nitrogens with zero attached hydrogens (tertiary/aromatic N) is 2. The normalized spacial score (nSPS) is 15.9. The molecule has 2 rings (SSSR count). The number of hydrogen-bond donors (Lipinski definition) is 2. The van der Waals surface area contributed by atoms with Crippen LogP contribution in [0.3, 0.4) is 0 Å². The molecule has 0 aliphatic carbocycles. The van der Waals surface area contributed by atoms with Crippen molar-refractivity contribution in [2.75, 3.05) is 36.1 Å². The predicted molar refractivity (Wildman–Crippen MR) is 59.6 cm³/mol. The predicted octanol–water partition coefficient (Wildman–Crippen LogP) is 1.31. The van der Waals surface area contributed by atoms with Gasteiger partial charge in [-0.1, -0.05) is 0 Å². The maximum Gasteiger partial charge on any atom is 0.133 e. The Morgan fingerprint density at radius 1 is 1.36 bits per heavy atom. The van der Waals surface area contributed by atoms with Crippen LogP contribution in [0.15, 0.2) is 12.1 Å². The van der Waals surface area contributed by atoms with E-state index in [9.17, 15) is 0 Å². The Balaban J connectivity index is 2.27. The smallest absolute Gasteiger partial charge is 0.133 e. The SMILES string of the molecule is CNc1cc(N)cc(N2CCCC2)n1. The lowest BCUT2D eigenvalue weighted by atomic mass is 10.3. The van der Waals surface area contributed by atoms with Crippen molar-refractivity contribution in [3.05, 3.63) is 12.1 Å². The molecule has 3 N–H and O–H groups in total. The van der Waals surface area contributed by atoms with E-state index >= 15 is 0 Å². The molecule has 0 atom stereocenters. The first-order valence-electron chi connectivity index (χ1n) is 5.00. The standard InChI is InChI=1S/C10H16N4/c1-12-9-6-8(11)7-10(13-9)14-4-2-3-5-14/h6-7H,2-5H2,1H3,(H3,11,12,13). The molecule has 0 amide bonds. The Labute approximate surface area is 84.1 Å². The summed E-state index contributed by atoms with van der Waals surface area (Å²) < 4.78 is 0. The molecule has 1 aliphatic rings. The third-order valence-corrected chi connectivity index (χ3v) is 2.52. The van der Waals surface area contributed by atoms with Gasteiger partial charge in [0, 0.05) is 38.0 Å². The van der Waals surface area contributed by atoms with Crippen molar-refractivity contribution in [3.63, 3.8) is 0 Å². The summed E-state index contributed by atoms with van der Waals surface area (Å²) in [5, 5.41) is 3.01. The minimum atomic E-state index is 0.770. The van der Waals surface area contributed by atoms with E-state index in [0.717, 1.165) is 30.4 Å². The van der Waals surface area contributed by atoms with E-state index in [1.165, 1.54) is 12.8 Å². The molecule has 1 aromatic heterocycles. The zero-order valence-corrected chi connectivity index (χ0v) is 8.45. The number of rotatable bonds is 2. The molecule has 0 bridgehead atoms. The van der Waals surface area contributed by atoms with Gasteiger partial charge in [0.15, 0.2) is 0 Å². The highest BCUT2D eigenvalue weighted by Gasteiger charge is 2.14. The average Bonchev–Trinajstić information content (AvgIpc) is 2.69. The molecule has 4 nitrogen and oxygen atoms in total. The van der Waals surface area contributed by atoms with Crippen molar-refractivity contribution >= 4 is 17.3 Å². The van der Waals surface area contributed by atoms with Gasteiger partial charge in [-0.15, -0.1) is 0 Å². The van der Waals surface area contributed by atoms with Gasteiger partial charge in [0.1, 0.15) is 11.6 Å². The van der Waals surface area contributed by atoms with E-state index in [1.54, 1.807) is 0 Å². The second-order valence-electron chi connectivity index (χ2n) is 3.59. The number of anilines is 3. The first-order valence-corrected chi connectivity index (χ1v) is 5.00. The van der Waals surface area contributed by atoms with Crippen molar-refractivity contribution in [3.8, 4) is 0 Å². The summed E-state index contributed by atoms with van der Waals surface area (Å²) in [6, 6.07) is 3.78. The van der Waals surface area contributed by atoms with Gasteiger partial charge in [-0.05, 0) is 12.8 Å². The summed E-state index contributed by atoms with van der Waals surface area (Å²) in [4.78, 5) is 6.74. The first kappa shape index (κ1) is 9.12. The van der Waals surface area contributed by atoms with Gasteiger partial charge in [-0.25, -0.2) is 4.98 Å². The minimum absolute atomic E-state index is 0.770. The Hall–Kier alpha value is -1.45. The molecule has 0 aromatic carbocycles. The van der Waals surface area contributed by atoms with Crippen LogP contribution in [0.2, 0.25) is 0 Å². The summed E-state index contributed by atoms with van der Waals surface area (Å²) in [5.41, 5.74) is 6.57. The van der Waals surface area contributed by atoms with Crippen molar-refractivity contribution in [2.24, 2.45) is 0 Å². The van der Waals surface area contributed by atoms with E-state index in [1.807, 2.05) is 19.2 Å². The zero-order chi connectivity index (χ0) is 9.97. The molecule has 2 heterocycles. The van der Waals surface area contributed by atoms with Crippen LogP contribution in [-0.4, -0.2) is 25.1 Å². The fourth-order valence-electron chi connectivity index (χ4n) is 1.77. The monoisotopic (exact) mass is 192 g/mol. The molecule has 0 unspecified atom stereocenters. The molecular weight excluding hydrogens is 176 g/mol. The molecule has 14 heavy (non-hydrogen) atoms. The second kappa shape index (κ2) is 3.74. The average molecular weight is 192 g/mol. The minimum Gasteiger partial charge on any atom is -0.399 e. The van der Waals surface area contributed by atoms with Crippen LogP contribution in [0.4, 0.5) is 17.3 Å². The first-order chi connectivity index (χ1) is 6.79. The molecule has 1 aliphatic heterocycles. The lowest BCUT2D eigenvalue weighted by molar-refractivity contribution is 0.939. The molecule has 76 valence electrons. The lowest BCUT2D eigenvalue weighted by Crippen LogP contribution is -2.19. The summed E-state index contributed by atoms with van der Waals surface area (Å²) in [6.45, 7) is 2.19. The molecule has 0 radical (unpaired) electrons. The van der Waals surface area contributed by atoms with Gasteiger partial charge in [-0.2, -0.15) is 0 Å². The zero-order valence-electron chi connectivity index (χ0n) is 8.45. The van der Waals surface area contributed by atoms with Gasteiger partial charge in [0.25, 0.3) is 0 Å². The fraction of sp³-hybridized carbons (Fsp3) is 0.500. The van der Waals surface area contributed by atoms with Crippen molar-refractivity contribution in [1.29, 1.82) is 0 Å². The van der Waals surface area contributed by atoms with E-state index in [-0.39, 0.29) is 0 Å². The van der Waals surface area contributed by atoms with Crippen molar-refractivity contribution in [2.45, 2.75) is 12.8 Å². The van der Waals surface area contributed by atoms with E-state index < -0.39 is 0 Å². The Kier molecular flexibility index (Phi) is 2.43. The van der Waals surface area contributed by atoms with Crippen LogP contribution in [0, 0.1) is 0 Å². The molecule has 0 saturated carbocycles. The molecule has 1 aromatic rings. The molecule has 4 heteroatoms. The highest BCUT2D eigenvalue weighted by molar-refractivity contribution is 5.58. The number of nitrogen functional groups attached to an aromatic ring is 1. The topological polar surface area (TPSA) is 54.2 Å². The van der Waals surface area contributed by atoms with E-state index in [0.29, 0.717) is 0 Å². The number of pyridine rings is 1. The summed E-state index contributed by atoms with van der Waals surface area (Å²) in [6.07, 6.45) is 2.51. The van der Waals surface area contributed by atoms with Crippen LogP contribution in [0.1, 0.15) is 12.8 Å². The second-order valence-corrected chi connectivity index (χ2v) is 3.59. The Morgan fingerprint density at radius 3 is 2.71 bits per heavy atom. The Morgan fingerprint density at radius 2 is 2.07 bits per heavy atom. The van der Waals surface area contributed by atoms with Crippen LogP contribution in [0.5, 0.6) is 0 Å². The fourth-order valence-corrected chi connectivity index (χ4v) is 1.77. The third kappa shape index (κ3) is 1.73. The lowest BCUT2D eigenvalue weighted by Gasteiger charge is -2.17. The van der Waals surface area contributed by atoms with E-state index in [2.05, 4.69) is 15.2 Å². The van der Waals surface area contributed by atoms with Gasteiger partial charge in [0.2, 0.25) is 0 Å². The van der Waals surface area contributed by atoms with Crippen molar-refractivity contribution < 1.29 is 0 Å². The van der Waals surface area contributed by atoms with Gasteiger partial charge in [-0.3, -0.25) is 0 Å². The summed E-state index contributed by atoms with van der Waals surface area (Å²) in [5.74, 6) is 1.83. The maximum absolute atomic E-state index is 5.80. The Bertz CT molecular complexity index is 318. The third-order valence-electron chi connectivity index (χ3n) is 2.52. The molecule has 1 fully saturated rings. The maximum atomic E-state index is 5.80. The van der Waals surface area contributed by atoms with Crippen LogP contribution in [-0.2, 0) is 0 Å². The highest BCUT2D eigenvalue weighted by atomic mass is 15.2. The van der Waals surface area contributed by atoms with Crippen molar-refractivity contribution in [1.82, 2.24) is 4.98 Å². The molecule has 0 spiro atoms. The number of nitrogens with one attached hydrogen (secondary N) is 1. The highest BCUT2D eigenvalue weighted by Crippen LogP contribution is 2.22. The number of aromatic nitrogens is 1. The van der Waals surface area contributed by atoms with Crippen LogP contribution in [0.25, 0.3) is 0 Å². The largest absolute Gasteiger partial charge is 0.399 e. The van der Waals surface area contributed by atoms with Crippen LogP contribution >= 0.6 is 0 Å². The van der Waals surface area contributed by atoms with E-state index in [4.69, 9.17) is 5.73 Å². The van der Waals surface area contributed by atoms with Gasteiger partial charge >= 0.3 is 0 Å². The number of hydrogen-bond acceptors (Lipinski definition) is 4. The van der Waals surface area contributed by atoms with Gasteiger partial charge < -0.3 is 16.0 Å². The van der Waals surface area contributed by atoms with Gasteiger partial charge in [0.05, 0.1) is 0 Å². The quantitative estimate of drug-likeness (QED) is 0.741. The number of nitrogens with two attached hydrogens (primary N) is 1. The molecule has 1 saturated heterocycles.